The third-order valence-electron chi connectivity index (χ3n) is 5.15. The molecule has 0 radical (unpaired) electrons. The lowest BCUT2D eigenvalue weighted by Crippen LogP contribution is -2.30. The van der Waals surface area contributed by atoms with Crippen molar-refractivity contribution in [1.29, 1.82) is 0 Å². The number of hydrogen-bond acceptors (Lipinski definition) is 1. The Hall–Kier alpha value is -2.41. The van der Waals surface area contributed by atoms with Crippen molar-refractivity contribution in [2.24, 2.45) is 10.4 Å². The predicted molar refractivity (Wildman–Crippen MR) is 89.4 cm³/mol. The first-order chi connectivity index (χ1) is 10.7. The van der Waals surface area contributed by atoms with Gasteiger partial charge in [-0.25, -0.2) is 4.99 Å². The van der Waals surface area contributed by atoms with Gasteiger partial charge in [0.2, 0.25) is 0 Å². The maximum absolute atomic E-state index is 4.87. The van der Waals surface area contributed by atoms with Gasteiger partial charge in [-0.3, -0.25) is 0 Å². The van der Waals surface area contributed by atoms with Crippen LogP contribution in [0, 0.1) is 5.41 Å². The molecule has 22 heavy (non-hydrogen) atoms. The Kier molecular flexibility index (Phi) is 2.14. The van der Waals surface area contributed by atoms with Crippen LogP contribution in [-0.2, 0) is 0 Å². The Bertz CT molecular complexity index is 1000. The molecule has 1 heteroatoms. The molecular weight excluding hydrogens is 266 g/mol. The highest BCUT2D eigenvalue weighted by Gasteiger charge is 2.41. The molecule has 1 aromatic rings. The number of rotatable bonds is 0. The molecule has 0 fully saturated rings. The van der Waals surface area contributed by atoms with Gasteiger partial charge >= 0.3 is 0 Å². The first-order valence-corrected chi connectivity index (χ1v) is 7.91. The summed E-state index contributed by atoms with van der Waals surface area (Å²) in [6.07, 6.45) is 12.5. The summed E-state index contributed by atoms with van der Waals surface area (Å²) < 4.78 is 0. The summed E-state index contributed by atoms with van der Waals surface area (Å²) in [5.41, 5.74) is 8.11. The summed E-state index contributed by atoms with van der Waals surface area (Å²) >= 11 is 0. The minimum atomic E-state index is -0.00914. The quantitative estimate of drug-likeness (QED) is 0.691. The highest BCUT2D eigenvalue weighted by molar-refractivity contribution is 5.84. The van der Waals surface area contributed by atoms with Crippen LogP contribution in [0.2, 0.25) is 0 Å². The molecule has 3 aliphatic carbocycles. The fraction of sp³-hybridized carbons (Fsp3) is 0.190. The van der Waals surface area contributed by atoms with Crippen LogP contribution in [0.1, 0.15) is 20.3 Å². The number of hydrogen-bond donors (Lipinski definition) is 0. The molecule has 4 aliphatic rings. The molecule has 0 saturated carbocycles. The lowest BCUT2D eigenvalue weighted by atomic mass is 9.69. The summed E-state index contributed by atoms with van der Waals surface area (Å²) in [5.74, 6) is 0. The first-order valence-electron chi connectivity index (χ1n) is 7.91. The molecule has 106 valence electrons. The molecule has 0 saturated heterocycles. The van der Waals surface area contributed by atoms with E-state index in [1.54, 1.807) is 0 Å². The highest BCUT2D eigenvalue weighted by atomic mass is 14.8. The second-order valence-electron chi connectivity index (χ2n) is 6.84. The van der Waals surface area contributed by atoms with E-state index in [1.165, 1.54) is 33.1 Å². The van der Waals surface area contributed by atoms with Crippen molar-refractivity contribution in [1.82, 2.24) is 0 Å². The van der Waals surface area contributed by atoms with Crippen molar-refractivity contribution in [2.45, 2.75) is 20.3 Å². The Labute approximate surface area is 130 Å². The first kappa shape index (κ1) is 12.2. The van der Waals surface area contributed by atoms with Crippen molar-refractivity contribution in [2.75, 3.05) is 0 Å². The number of fused-ring (bicyclic) bond motifs is 4. The summed E-state index contributed by atoms with van der Waals surface area (Å²) in [4.78, 5) is 4.87. The summed E-state index contributed by atoms with van der Waals surface area (Å²) in [5, 5.41) is 2.41. The van der Waals surface area contributed by atoms with E-state index in [0.717, 1.165) is 17.5 Å². The van der Waals surface area contributed by atoms with Crippen LogP contribution in [0.15, 0.2) is 87.6 Å². The topological polar surface area (TPSA) is 12.4 Å². The van der Waals surface area contributed by atoms with E-state index in [-0.39, 0.29) is 5.41 Å². The minimum absolute atomic E-state index is 0.00914. The number of para-hydroxylation sites is 1. The fourth-order valence-electron chi connectivity index (χ4n) is 4.31. The Morgan fingerprint density at radius 1 is 1.05 bits per heavy atom. The number of nitrogens with zero attached hydrogens (tertiary/aromatic N) is 1. The molecule has 1 heterocycles. The number of benzene rings is 1. The van der Waals surface area contributed by atoms with E-state index in [4.69, 9.17) is 4.99 Å². The third-order valence-corrected chi connectivity index (χ3v) is 5.15. The van der Waals surface area contributed by atoms with Crippen LogP contribution < -0.4 is 10.6 Å². The SMILES string of the molecule is CC1(C)C2=C(C=C3C=CCC=C32)C=C2N=c3ccccc3=C21. The van der Waals surface area contributed by atoms with Crippen molar-refractivity contribution in [3.63, 3.8) is 0 Å². The van der Waals surface area contributed by atoms with Crippen LogP contribution in [0.25, 0.3) is 5.57 Å². The van der Waals surface area contributed by atoms with E-state index in [0.29, 0.717) is 0 Å². The molecule has 0 spiro atoms. The molecule has 1 nitrogen and oxygen atoms in total. The molecular formula is C21H17N. The van der Waals surface area contributed by atoms with Gasteiger partial charge < -0.3 is 0 Å². The van der Waals surface area contributed by atoms with Crippen LogP contribution in [-0.4, -0.2) is 0 Å². The summed E-state index contributed by atoms with van der Waals surface area (Å²) in [6.45, 7) is 4.69. The summed E-state index contributed by atoms with van der Waals surface area (Å²) in [6, 6.07) is 8.51. The van der Waals surface area contributed by atoms with E-state index < -0.39 is 0 Å². The normalized spacial score (nSPS) is 23.0. The van der Waals surface area contributed by atoms with Gasteiger partial charge in [0.05, 0.1) is 11.1 Å². The van der Waals surface area contributed by atoms with Gasteiger partial charge in [0.1, 0.15) is 0 Å². The highest BCUT2D eigenvalue weighted by Crippen LogP contribution is 2.53. The lowest BCUT2D eigenvalue weighted by molar-refractivity contribution is 0.601. The largest absolute Gasteiger partial charge is 0.248 e. The Balaban J connectivity index is 1.85. The maximum Gasteiger partial charge on any atom is 0.0713 e. The molecule has 0 aromatic heterocycles. The van der Waals surface area contributed by atoms with Crippen LogP contribution in [0.5, 0.6) is 0 Å². The van der Waals surface area contributed by atoms with E-state index in [1.807, 2.05) is 0 Å². The van der Waals surface area contributed by atoms with Gasteiger partial charge in [-0.05, 0) is 52.5 Å². The average Bonchev–Trinajstić information content (AvgIpc) is 3.05. The zero-order valence-electron chi connectivity index (χ0n) is 12.9. The van der Waals surface area contributed by atoms with Crippen molar-refractivity contribution in [3.8, 4) is 0 Å². The van der Waals surface area contributed by atoms with Crippen LogP contribution >= 0.6 is 0 Å². The molecule has 0 amide bonds. The third kappa shape index (κ3) is 1.36. The molecule has 0 atom stereocenters. The lowest BCUT2D eigenvalue weighted by Gasteiger charge is -2.34. The zero-order chi connectivity index (χ0) is 14.9. The van der Waals surface area contributed by atoms with Gasteiger partial charge in [-0.1, -0.05) is 50.3 Å². The van der Waals surface area contributed by atoms with Gasteiger partial charge in [0, 0.05) is 10.6 Å². The minimum Gasteiger partial charge on any atom is -0.248 e. The van der Waals surface area contributed by atoms with E-state index >= 15 is 0 Å². The molecule has 1 aromatic carbocycles. The van der Waals surface area contributed by atoms with Crippen molar-refractivity contribution in [3.05, 3.63) is 93.2 Å². The average molecular weight is 283 g/mol. The smallest absolute Gasteiger partial charge is 0.0713 e. The molecule has 1 aliphatic heterocycles. The second-order valence-corrected chi connectivity index (χ2v) is 6.84. The Morgan fingerprint density at radius 3 is 2.82 bits per heavy atom. The van der Waals surface area contributed by atoms with Gasteiger partial charge in [0.15, 0.2) is 0 Å². The van der Waals surface area contributed by atoms with Crippen LogP contribution in [0.3, 0.4) is 0 Å². The zero-order valence-corrected chi connectivity index (χ0v) is 12.9. The van der Waals surface area contributed by atoms with Crippen LogP contribution in [0.4, 0.5) is 0 Å². The Morgan fingerprint density at radius 2 is 1.91 bits per heavy atom. The van der Waals surface area contributed by atoms with E-state index in [2.05, 4.69) is 68.5 Å². The maximum atomic E-state index is 4.87. The molecule has 0 N–H and O–H groups in total. The monoisotopic (exact) mass is 283 g/mol. The van der Waals surface area contributed by atoms with Gasteiger partial charge in [0.25, 0.3) is 0 Å². The summed E-state index contributed by atoms with van der Waals surface area (Å²) in [7, 11) is 0. The standard InChI is InChI=1S/C21H17N/c1-21(2)19-14(11-13-7-3-4-8-15(13)19)12-18-20(21)16-9-5-6-10-17(16)22-18/h3,5-12H,4H2,1-2H3. The number of allylic oxidation sites excluding steroid dienone is 10. The molecule has 0 unspecified atom stereocenters. The van der Waals surface area contributed by atoms with E-state index in [9.17, 15) is 0 Å². The predicted octanol–water partition coefficient (Wildman–Crippen LogP) is 3.52. The second kappa shape index (κ2) is 3.86. The van der Waals surface area contributed by atoms with Crippen molar-refractivity contribution >= 4 is 5.57 Å². The molecule has 5 rings (SSSR count). The fourth-order valence-corrected chi connectivity index (χ4v) is 4.31. The van der Waals surface area contributed by atoms with Crippen molar-refractivity contribution < 1.29 is 0 Å². The van der Waals surface area contributed by atoms with Gasteiger partial charge in [-0.15, -0.1) is 0 Å². The molecule has 0 bridgehead atoms. The van der Waals surface area contributed by atoms with Gasteiger partial charge in [-0.2, -0.15) is 0 Å².